The summed E-state index contributed by atoms with van der Waals surface area (Å²) in [6.07, 6.45) is 4.98. The Labute approximate surface area is 183 Å². The summed E-state index contributed by atoms with van der Waals surface area (Å²) in [4.78, 5) is 26.1. The van der Waals surface area contributed by atoms with Crippen molar-refractivity contribution in [3.8, 4) is 5.75 Å². The van der Waals surface area contributed by atoms with E-state index in [0.717, 1.165) is 60.6 Å². The first-order chi connectivity index (χ1) is 15.2. The molecule has 0 N–H and O–H groups in total. The van der Waals surface area contributed by atoms with Gasteiger partial charge in [-0.05, 0) is 49.9 Å². The van der Waals surface area contributed by atoms with Crippen LogP contribution in [0.15, 0.2) is 42.0 Å². The Hall–Kier alpha value is -2.74. The summed E-state index contributed by atoms with van der Waals surface area (Å²) >= 11 is 1.58. The molecule has 1 saturated carbocycles. The van der Waals surface area contributed by atoms with E-state index < -0.39 is 0 Å². The van der Waals surface area contributed by atoms with Gasteiger partial charge in [0.2, 0.25) is 5.91 Å². The Kier molecular flexibility index (Phi) is 4.56. The van der Waals surface area contributed by atoms with Gasteiger partial charge in [0.25, 0.3) is 0 Å². The van der Waals surface area contributed by atoms with Crippen molar-refractivity contribution in [2.75, 3.05) is 18.0 Å². The molecule has 8 heteroatoms. The molecular formula is C23H23FN4O2S. The quantitative estimate of drug-likeness (QED) is 0.619. The zero-order valence-corrected chi connectivity index (χ0v) is 17.8. The number of nitrogens with zero attached hydrogens (tertiary/aromatic N) is 4. The fraction of sp³-hybridized carbons (Fsp3) is 0.435. The number of hydrogen-bond acceptors (Lipinski definition) is 6. The number of hydrogen-bond donors (Lipinski definition) is 0. The van der Waals surface area contributed by atoms with Crippen molar-refractivity contribution >= 4 is 33.3 Å². The Bertz CT molecular complexity index is 1100. The maximum absolute atomic E-state index is 13.2. The van der Waals surface area contributed by atoms with Crippen molar-refractivity contribution in [3.05, 3.63) is 47.9 Å². The second-order valence-electron chi connectivity index (χ2n) is 8.74. The number of halogens is 1. The van der Waals surface area contributed by atoms with Gasteiger partial charge >= 0.3 is 0 Å². The third-order valence-corrected chi connectivity index (χ3v) is 7.69. The monoisotopic (exact) mass is 438 g/mol. The van der Waals surface area contributed by atoms with Gasteiger partial charge in [-0.2, -0.15) is 0 Å². The van der Waals surface area contributed by atoms with E-state index in [1.165, 1.54) is 12.3 Å². The number of pyridine rings is 1. The minimum atomic E-state index is -0.321. The SMILES string of the molecule is O=C(C1CC(Oc2cccc3ncsc23)C1)N1CC2CCC(C1)N2c1ccc(F)cn1. The topological polar surface area (TPSA) is 58.6 Å². The van der Waals surface area contributed by atoms with Crippen LogP contribution in [0.5, 0.6) is 5.75 Å². The largest absolute Gasteiger partial charge is 0.489 e. The number of carbonyl (C=O) groups is 1. The molecule has 6 rings (SSSR count). The summed E-state index contributed by atoms with van der Waals surface area (Å²) in [5.41, 5.74) is 2.79. The van der Waals surface area contributed by atoms with Crippen molar-refractivity contribution < 1.29 is 13.9 Å². The number of aromatic nitrogens is 2. The molecule has 2 saturated heterocycles. The Balaban J connectivity index is 1.07. The first-order valence-electron chi connectivity index (χ1n) is 10.8. The second-order valence-corrected chi connectivity index (χ2v) is 9.59. The highest BCUT2D eigenvalue weighted by molar-refractivity contribution is 7.17. The van der Waals surface area contributed by atoms with E-state index in [1.54, 1.807) is 17.4 Å². The van der Waals surface area contributed by atoms with E-state index in [4.69, 9.17) is 4.74 Å². The molecule has 6 nitrogen and oxygen atoms in total. The third-order valence-electron chi connectivity index (χ3n) is 6.83. The molecule has 2 aromatic heterocycles. The Morgan fingerprint density at radius 3 is 2.65 bits per heavy atom. The minimum Gasteiger partial charge on any atom is -0.489 e. The summed E-state index contributed by atoms with van der Waals surface area (Å²) in [6, 6.07) is 9.66. The van der Waals surface area contributed by atoms with Gasteiger partial charge in [0.05, 0.1) is 21.9 Å². The second kappa shape index (κ2) is 7.44. The number of benzene rings is 1. The van der Waals surface area contributed by atoms with Crippen molar-refractivity contribution in [1.29, 1.82) is 0 Å². The van der Waals surface area contributed by atoms with Gasteiger partial charge in [-0.15, -0.1) is 11.3 Å². The van der Waals surface area contributed by atoms with Crippen LogP contribution >= 0.6 is 11.3 Å². The summed E-state index contributed by atoms with van der Waals surface area (Å²) in [6.45, 7) is 1.44. The number of piperazine rings is 1. The number of amides is 1. The van der Waals surface area contributed by atoms with Gasteiger partial charge < -0.3 is 14.5 Å². The van der Waals surface area contributed by atoms with Crippen LogP contribution in [0, 0.1) is 11.7 Å². The molecule has 1 amide bonds. The van der Waals surface area contributed by atoms with Crippen LogP contribution in [0.3, 0.4) is 0 Å². The number of thiazole rings is 1. The standard InChI is InChI=1S/C23H23FN4O2S/c24-15-4-7-21(25-10-15)28-16-5-6-17(28)12-27(11-16)23(29)14-8-18(9-14)30-20-3-1-2-19-22(20)31-13-26-19/h1-4,7,10,13-14,16-18H,5-6,8-9,11-12H2. The zero-order chi connectivity index (χ0) is 20.9. The normalized spacial score (nSPS) is 27.4. The fourth-order valence-electron chi connectivity index (χ4n) is 5.23. The molecular weight excluding hydrogens is 415 g/mol. The molecule has 0 radical (unpaired) electrons. The van der Waals surface area contributed by atoms with E-state index >= 15 is 0 Å². The number of ether oxygens (including phenoxy) is 1. The van der Waals surface area contributed by atoms with Crippen LogP contribution in [-0.4, -0.2) is 52.1 Å². The van der Waals surface area contributed by atoms with Crippen molar-refractivity contribution in [2.24, 2.45) is 5.92 Å². The highest BCUT2D eigenvalue weighted by Gasteiger charge is 2.45. The number of likely N-dealkylation sites (tertiary alicyclic amines) is 1. The van der Waals surface area contributed by atoms with Crippen LogP contribution in [0.4, 0.5) is 10.2 Å². The molecule has 2 aliphatic heterocycles. The van der Waals surface area contributed by atoms with Gasteiger partial charge in [0, 0.05) is 31.1 Å². The van der Waals surface area contributed by atoms with Gasteiger partial charge in [0.15, 0.2) is 0 Å². The molecule has 1 aromatic carbocycles. The Morgan fingerprint density at radius 1 is 1.10 bits per heavy atom. The van der Waals surface area contributed by atoms with Crippen LogP contribution in [0.2, 0.25) is 0 Å². The lowest BCUT2D eigenvalue weighted by molar-refractivity contribution is -0.142. The van der Waals surface area contributed by atoms with Crippen LogP contribution in [-0.2, 0) is 4.79 Å². The zero-order valence-electron chi connectivity index (χ0n) is 17.0. The molecule has 31 heavy (non-hydrogen) atoms. The van der Waals surface area contributed by atoms with E-state index in [1.807, 2.05) is 28.6 Å². The highest BCUT2D eigenvalue weighted by Crippen LogP contribution is 2.39. The number of fused-ring (bicyclic) bond motifs is 3. The van der Waals surface area contributed by atoms with Crippen molar-refractivity contribution in [3.63, 3.8) is 0 Å². The van der Waals surface area contributed by atoms with E-state index in [2.05, 4.69) is 14.9 Å². The summed E-state index contributed by atoms with van der Waals surface area (Å²) in [5.74, 6) is 1.66. The molecule has 0 spiro atoms. The summed E-state index contributed by atoms with van der Waals surface area (Å²) < 4.78 is 20.5. The van der Waals surface area contributed by atoms with Crippen molar-refractivity contribution in [1.82, 2.24) is 14.9 Å². The minimum absolute atomic E-state index is 0.0422. The number of rotatable bonds is 4. The van der Waals surface area contributed by atoms with E-state index in [9.17, 15) is 9.18 Å². The van der Waals surface area contributed by atoms with Gasteiger partial charge in [-0.3, -0.25) is 4.79 Å². The molecule has 1 aliphatic carbocycles. The number of carbonyl (C=O) groups excluding carboxylic acids is 1. The average Bonchev–Trinajstić information content (AvgIpc) is 3.33. The summed E-state index contributed by atoms with van der Waals surface area (Å²) in [7, 11) is 0. The first-order valence-corrected chi connectivity index (χ1v) is 11.7. The smallest absolute Gasteiger partial charge is 0.226 e. The van der Waals surface area contributed by atoms with Gasteiger partial charge in [-0.25, -0.2) is 14.4 Å². The summed E-state index contributed by atoms with van der Waals surface area (Å²) in [5, 5.41) is 0. The van der Waals surface area contributed by atoms with Crippen LogP contribution in [0.1, 0.15) is 25.7 Å². The lowest BCUT2D eigenvalue weighted by atomic mass is 9.81. The molecule has 3 aromatic rings. The van der Waals surface area contributed by atoms with E-state index in [-0.39, 0.29) is 35.8 Å². The maximum Gasteiger partial charge on any atom is 0.226 e. The average molecular weight is 439 g/mol. The maximum atomic E-state index is 13.2. The highest BCUT2D eigenvalue weighted by atomic mass is 32.1. The molecule has 3 fully saturated rings. The molecule has 2 atom stereocenters. The lowest BCUT2D eigenvalue weighted by Gasteiger charge is -2.44. The van der Waals surface area contributed by atoms with E-state index in [0.29, 0.717) is 0 Å². The predicted octanol–water partition coefficient (Wildman–Crippen LogP) is 3.87. The fourth-order valence-corrected chi connectivity index (χ4v) is 5.98. The molecule has 160 valence electrons. The molecule has 3 aliphatic rings. The van der Waals surface area contributed by atoms with Crippen LogP contribution in [0.25, 0.3) is 10.2 Å². The third kappa shape index (κ3) is 3.33. The number of anilines is 1. The van der Waals surface area contributed by atoms with Crippen LogP contribution < -0.4 is 9.64 Å². The lowest BCUT2D eigenvalue weighted by Crippen LogP contribution is -2.58. The molecule has 2 bridgehead atoms. The van der Waals surface area contributed by atoms with Crippen molar-refractivity contribution in [2.45, 2.75) is 43.9 Å². The van der Waals surface area contributed by atoms with Gasteiger partial charge in [0.1, 0.15) is 23.5 Å². The Morgan fingerprint density at radius 2 is 1.90 bits per heavy atom. The van der Waals surface area contributed by atoms with Gasteiger partial charge in [-0.1, -0.05) is 6.07 Å². The predicted molar refractivity (Wildman–Crippen MR) is 117 cm³/mol. The molecule has 4 heterocycles. The molecule has 2 unspecified atom stereocenters. The first kappa shape index (κ1) is 19.0.